The Morgan fingerprint density at radius 2 is 2.25 bits per heavy atom. The third kappa shape index (κ3) is 2.04. The highest BCUT2D eigenvalue weighted by Gasteiger charge is 2.28. The normalized spacial score (nSPS) is 21.0. The predicted octanol–water partition coefficient (Wildman–Crippen LogP) is 0.608. The van der Waals surface area contributed by atoms with Crippen LogP contribution >= 0.6 is 11.8 Å². The summed E-state index contributed by atoms with van der Waals surface area (Å²) in [6.07, 6.45) is 3.46. The van der Waals surface area contributed by atoms with Gasteiger partial charge < -0.3 is 5.32 Å². The minimum Gasteiger partial charge on any atom is -0.316 e. The molecule has 0 aromatic carbocycles. The number of hydrogen-bond acceptors (Lipinski definition) is 4. The Morgan fingerprint density at radius 1 is 1.44 bits per heavy atom. The van der Waals surface area contributed by atoms with Crippen molar-refractivity contribution in [2.75, 3.05) is 18.8 Å². The van der Waals surface area contributed by atoms with E-state index in [2.05, 4.69) is 15.5 Å². The Labute approximate surface area is 98.0 Å². The Kier molecular flexibility index (Phi) is 2.77. The van der Waals surface area contributed by atoms with Gasteiger partial charge in [-0.15, -0.1) is 5.10 Å². The summed E-state index contributed by atoms with van der Waals surface area (Å²) in [5.74, 6) is 1.89. The summed E-state index contributed by atoms with van der Waals surface area (Å²) in [5.41, 5.74) is -0.0460. The van der Waals surface area contributed by atoms with Gasteiger partial charge in [-0.05, 0) is 38.3 Å². The molecule has 1 aliphatic carbocycles. The number of nitrogens with one attached hydrogen (secondary N) is 2. The summed E-state index contributed by atoms with van der Waals surface area (Å²) in [7, 11) is 0. The molecule has 1 aliphatic heterocycles. The fourth-order valence-corrected chi connectivity index (χ4v) is 3.03. The van der Waals surface area contributed by atoms with Crippen molar-refractivity contribution in [3.63, 3.8) is 0 Å². The predicted molar refractivity (Wildman–Crippen MR) is 62.8 cm³/mol. The van der Waals surface area contributed by atoms with E-state index >= 15 is 0 Å². The lowest BCUT2D eigenvalue weighted by atomic mass is 10.0. The van der Waals surface area contributed by atoms with Gasteiger partial charge in [0.2, 0.25) is 0 Å². The van der Waals surface area contributed by atoms with E-state index in [0.717, 1.165) is 42.8 Å². The first kappa shape index (κ1) is 10.4. The second kappa shape index (κ2) is 4.25. The summed E-state index contributed by atoms with van der Waals surface area (Å²) >= 11 is 1.71. The van der Waals surface area contributed by atoms with Crippen molar-refractivity contribution in [2.45, 2.75) is 30.5 Å². The molecule has 0 unspecified atom stereocenters. The van der Waals surface area contributed by atoms with Gasteiger partial charge in [0.15, 0.2) is 5.16 Å². The lowest BCUT2D eigenvalue weighted by Gasteiger charge is -2.26. The van der Waals surface area contributed by atoms with Crippen LogP contribution in [0.1, 0.15) is 25.3 Å². The molecule has 2 heterocycles. The number of aromatic nitrogens is 3. The van der Waals surface area contributed by atoms with Gasteiger partial charge in [0.25, 0.3) is 0 Å². The molecule has 1 aromatic heterocycles. The fourth-order valence-electron chi connectivity index (χ4n) is 1.92. The van der Waals surface area contributed by atoms with Crippen molar-refractivity contribution < 1.29 is 0 Å². The molecule has 6 heteroatoms. The lowest BCUT2D eigenvalue weighted by molar-refractivity contribution is 0.341. The molecule has 0 amide bonds. The van der Waals surface area contributed by atoms with Crippen molar-refractivity contribution in [1.29, 1.82) is 0 Å². The standard InChI is InChI=1S/C10H16N4OS/c15-9-12-13-10(14(9)8-1-2-8)16-4-3-7-5-11-6-7/h7-8,11H,1-6H2,(H,12,15). The summed E-state index contributed by atoms with van der Waals surface area (Å²) < 4.78 is 1.82. The number of nitrogens with zero attached hydrogens (tertiary/aromatic N) is 2. The molecule has 0 radical (unpaired) electrons. The Balaban J connectivity index is 1.58. The molecule has 2 fully saturated rings. The van der Waals surface area contributed by atoms with Crippen LogP contribution in [0.2, 0.25) is 0 Å². The van der Waals surface area contributed by atoms with Gasteiger partial charge in [-0.3, -0.25) is 4.57 Å². The molecule has 1 saturated heterocycles. The van der Waals surface area contributed by atoms with Crippen LogP contribution in [0, 0.1) is 5.92 Å². The molecule has 1 saturated carbocycles. The van der Waals surface area contributed by atoms with Crippen LogP contribution < -0.4 is 11.0 Å². The van der Waals surface area contributed by atoms with Crippen molar-refractivity contribution in [2.24, 2.45) is 5.92 Å². The van der Waals surface area contributed by atoms with E-state index < -0.39 is 0 Å². The molecule has 3 rings (SSSR count). The second-order valence-electron chi connectivity index (χ2n) is 4.57. The molecule has 5 nitrogen and oxygen atoms in total. The monoisotopic (exact) mass is 240 g/mol. The highest BCUT2D eigenvalue weighted by molar-refractivity contribution is 7.99. The SMILES string of the molecule is O=c1[nH]nc(SCCC2CNC2)n1C1CC1. The molecule has 2 N–H and O–H groups in total. The van der Waals surface area contributed by atoms with Gasteiger partial charge in [-0.2, -0.15) is 0 Å². The van der Waals surface area contributed by atoms with E-state index in [9.17, 15) is 4.79 Å². The van der Waals surface area contributed by atoms with Crippen molar-refractivity contribution in [1.82, 2.24) is 20.1 Å². The number of rotatable bonds is 5. The van der Waals surface area contributed by atoms with E-state index in [1.165, 1.54) is 6.42 Å². The quantitative estimate of drug-likeness (QED) is 0.740. The number of hydrogen-bond donors (Lipinski definition) is 2. The van der Waals surface area contributed by atoms with E-state index in [-0.39, 0.29) is 5.69 Å². The van der Waals surface area contributed by atoms with E-state index in [1.54, 1.807) is 11.8 Å². The first-order valence-electron chi connectivity index (χ1n) is 5.85. The summed E-state index contributed by atoms with van der Waals surface area (Å²) in [6.45, 7) is 2.30. The maximum atomic E-state index is 11.5. The molecule has 88 valence electrons. The van der Waals surface area contributed by atoms with Gasteiger partial charge in [-0.1, -0.05) is 11.8 Å². The molecular weight excluding hydrogens is 224 g/mol. The van der Waals surface area contributed by atoms with Crippen molar-refractivity contribution in [3.05, 3.63) is 10.5 Å². The average molecular weight is 240 g/mol. The molecule has 1 aromatic rings. The number of aromatic amines is 1. The van der Waals surface area contributed by atoms with Crippen LogP contribution in [0.3, 0.4) is 0 Å². The fraction of sp³-hybridized carbons (Fsp3) is 0.800. The van der Waals surface area contributed by atoms with Crippen LogP contribution in [0.5, 0.6) is 0 Å². The summed E-state index contributed by atoms with van der Waals surface area (Å²) in [4.78, 5) is 11.5. The summed E-state index contributed by atoms with van der Waals surface area (Å²) in [5, 5.41) is 10.8. The largest absolute Gasteiger partial charge is 0.344 e. The first-order chi connectivity index (χ1) is 7.84. The average Bonchev–Trinajstić information content (AvgIpc) is 2.96. The molecular formula is C10H16N4OS. The first-order valence-corrected chi connectivity index (χ1v) is 6.83. The Bertz CT molecular complexity index is 419. The molecule has 0 atom stereocenters. The van der Waals surface area contributed by atoms with Crippen molar-refractivity contribution in [3.8, 4) is 0 Å². The lowest BCUT2D eigenvalue weighted by Crippen LogP contribution is -2.42. The van der Waals surface area contributed by atoms with Crippen LogP contribution in [-0.4, -0.2) is 33.6 Å². The number of thioether (sulfide) groups is 1. The minimum absolute atomic E-state index is 0.0460. The van der Waals surface area contributed by atoms with Gasteiger partial charge in [0.05, 0.1) is 0 Å². The molecule has 16 heavy (non-hydrogen) atoms. The molecule has 0 spiro atoms. The van der Waals surface area contributed by atoms with E-state index in [4.69, 9.17) is 0 Å². The third-order valence-electron chi connectivity index (χ3n) is 3.21. The zero-order valence-electron chi connectivity index (χ0n) is 9.11. The smallest absolute Gasteiger partial charge is 0.316 e. The molecule has 0 bridgehead atoms. The van der Waals surface area contributed by atoms with Gasteiger partial charge in [-0.25, -0.2) is 9.89 Å². The highest BCUT2D eigenvalue weighted by atomic mass is 32.2. The maximum Gasteiger partial charge on any atom is 0.344 e. The maximum absolute atomic E-state index is 11.5. The minimum atomic E-state index is -0.0460. The van der Waals surface area contributed by atoms with Crippen LogP contribution in [-0.2, 0) is 0 Å². The van der Waals surface area contributed by atoms with Gasteiger partial charge in [0, 0.05) is 11.8 Å². The van der Waals surface area contributed by atoms with Crippen molar-refractivity contribution >= 4 is 11.8 Å². The van der Waals surface area contributed by atoms with Crippen LogP contribution in [0.4, 0.5) is 0 Å². The number of H-pyrrole nitrogens is 1. The zero-order chi connectivity index (χ0) is 11.0. The van der Waals surface area contributed by atoms with Crippen LogP contribution in [0.25, 0.3) is 0 Å². The highest BCUT2D eigenvalue weighted by Crippen LogP contribution is 2.36. The van der Waals surface area contributed by atoms with E-state index in [1.807, 2.05) is 4.57 Å². The van der Waals surface area contributed by atoms with E-state index in [0.29, 0.717) is 6.04 Å². The topological polar surface area (TPSA) is 62.7 Å². The Morgan fingerprint density at radius 3 is 2.88 bits per heavy atom. The van der Waals surface area contributed by atoms with Crippen LogP contribution in [0.15, 0.2) is 9.95 Å². The van der Waals surface area contributed by atoms with Gasteiger partial charge >= 0.3 is 5.69 Å². The second-order valence-corrected chi connectivity index (χ2v) is 5.64. The molecule has 2 aliphatic rings. The summed E-state index contributed by atoms with van der Waals surface area (Å²) in [6, 6.07) is 0.416. The zero-order valence-corrected chi connectivity index (χ0v) is 9.92. The Hall–Kier alpha value is -0.750. The third-order valence-corrected chi connectivity index (χ3v) is 4.19. The van der Waals surface area contributed by atoms with Gasteiger partial charge in [0.1, 0.15) is 0 Å².